The molecule has 2 aliphatic heterocycles. The topological polar surface area (TPSA) is 60.2 Å². The Bertz CT molecular complexity index is 878. The lowest BCUT2D eigenvalue weighted by Crippen LogP contribution is -2.42. The third kappa shape index (κ3) is 2.92. The van der Waals surface area contributed by atoms with E-state index in [0.29, 0.717) is 5.69 Å². The third-order valence-corrected chi connectivity index (χ3v) is 5.51. The number of nitrogens with zero attached hydrogens (tertiary/aromatic N) is 4. The van der Waals surface area contributed by atoms with Gasteiger partial charge in [0.2, 0.25) is 5.91 Å². The van der Waals surface area contributed by atoms with Crippen LogP contribution in [0.4, 0.5) is 11.5 Å². The zero-order chi connectivity index (χ0) is 18.1. The predicted octanol–water partition coefficient (Wildman–Crippen LogP) is 3.07. The molecule has 0 N–H and O–H groups in total. The number of aryl methyl sites for hydroxylation is 1. The Morgan fingerprint density at radius 1 is 1.15 bits per heavy atom. The number of piperidine rings is 1. The molecule has 2 aliphatic rings. The van der Waals surface area contributed by atoms with Crippen LogP contribution < -0.4 is 9.80 Å². The minimum absolute atomic E-state index is 0.0679. The van der Waals surface area contributed by atoms with Crippen LogP contribution in [0.25, 0.3) is 0 Å². The van der Waals surface area contributed by atoms with Crippen molar-refractivity contribution in [3.63, 3.8) is 0 Å². The number of hydrogen-bond acceptors (Lipinski definition) is 4. The molecular weight excluding hydrogens is 324 g/mol. The Balaban J connectivity index is 1.43. The number of para-hydroxylation sites is 1. The lowest BCUT2D eigenvalue weighted by Gasteiger charge is -2.34. The highest BCUT2D eigenvalue weighted by Crippen LogP contribution is 2.31. The van der Waals surface area contributed by atoms with Crippen molar-refractivity contribution in [1.82, 2.24) is 4.98 Å². The third-order valence-electron chi connectivity index (χ3n) is 5.51. The monoisotopic (exact) mass is 346 g/mol. The number of carbonyl (C=O) groups excluding carboxylic acids is 1. The second-order valence-electron chi connectivity index (χ2n) is 7.08. The Morgan fingerprint density at radius 3 is 2.69 bits per heavy atom. The van der Waals surface area contributed by atoms with Gasteiger partial charge in [0.1, 0.15) is 17.6 Å². The number of benzene rings is 1. The normalized spacial score (nSPS) is 17.1. The van der Waals surface area contributed by atoms with E-state index in [1.807, 2.05) is 36.1 Å². The Kier molecular flexibility index (Phi) is 4.34. The van der Waals surface area contributed by atoms with Crippen LogP contribution in [-0.4, -0.2) is 30.5 Å². The van der Waals surface area contributed by atoms with Gasteiger partial charge in [0.05, 0.1) is 0 Å². The number of nitriles is 1. The SMILES string of the molecule is Cc1ccc(N2CCC(C(=O)N3CCc4ccccc43)CC2)nc1C#N. The van der Waals surface area contributed by atoms with Crippen molar-refractivity contribution < 1.29 is 4.79 Å². The summed E-state index contributed by atoms with van der Waals surface area (Å²) in [6.45, 7) is 4.29. The molecule has 4 rings (SSSR count). The standard InChI is InChI=1S/C21H22N4O/c1-15-6-7-20(23-18(15)14-22)24-11-8-17(9-12-24)21(26)25-13-10-16-4-2-3-5-19(16)25/h2-7,17H,8-13H2,1H3. The summed E-state index contributed by atoms with van der Waals surface area (Å²) in [5.74, 6) is 1.16. The molecule has 0 radical (unpaired) electrons. The summed E-state index contributed by atoms with van der Waals surface area (Å²) < 4.78 is 0. The molecule has 3 heterocycles. The van der Waals surface area contributed by atoms with Crippen LogP contribution in [0, 0.1) is 24.2 Å². The van der Waals surface area contributed by atoms with Crippen LogP contribution in [0.2, 0.25) is 0 Å². The number of rotatable bonds is 2. The quantitative estimate of drug-likeness (QED) is 0.838. The van der Waals surface area contributed by atoms with Crippen LogP contribution >= 0.6 is 0 Å². The van der Waals surface area contributed by atoms with E-state index < -0.39 is 0 Å². The lowest BCUT2D eigenvalue weighted by atomic mass is 9.95. The lowest BCUT2D eigenvalue weighted by molar-refractivity contribution is -0.122. The van der Waals surface area contributed by atoms with Gasteiger partial charge in [0, 0.05) is 31.2 Å². The first-order valence-corrected chi connectivity index (χ1v) is 9.19. The Morgan fingerprint density at radius 2 is 1.92 bits per heavy atom. The van der Waals surface area contributed by atoms with Crippen LogP contribution in [0.1, 0.15) is 29.7 Å². The number of amides is 1. The molecule has 2 aromatic rings. The first-order chi connectivity index (χ1) is 12.7. The molecule has 26 heavy (non-hydrogen) atoms. The van der Waals surface area contributed by atoms with Gasteiger partial charge in [-0.3, -0.25) is 4.79 Å². The van der Waals surface area contributed by atoms with Gasteiger partial charge in [0.25, 0.3) is 0 Å². The van der Waals surface area contributed by atoms with Crippen LogP contribution in [0.3, 0.4) is 0 Å². The molecule has 1 fully saturated rings. The molecule has 0 atom stereocenters. The summed E-state index contributed by atoms with van der Waals surface area (Å²) in [5, 5.41) is 9.18. The Hall–Kier alpha value is -2.87. The fourth-order valence-electron chi connectivity index (χ4n) is 3.95. The van der Waals surface area contributed by atoms with Crippen molar-refractivity contribution in [2.45, 2.75) is 26.2 Å². The summed E-state index contributed by atoms with van der Waals surface area (Å²) in [6, 6.07) is 14.3. The van der Waals surface area contributed by atoms with E-state index in [-0.39, 0.29) is 11.8 Å². The summed E-state index contributed by atoms with van der Waals surface area (Å²) in [4.78, 5) is 21.6. The van der Waals surface area contributed by atoms with Gasteiger partial charge in [-0.1, -0.05) is 24.3 Å². The second-order valence-corrected chi connectivity index (χ2v) is 7.08. The van der Waals surface area contributed by atoms with Gasteiger partial charge in [-0.2, -0.15) is 5.26 Å². The predicted molar refractivity (Wildman–Crippen MR) is 101 cm³/mol. The fraction of sp³-hybridized carbons (Fsp3) is 0.381. The smallest absolute Gasteiger partial charge is 0.230 e. The average Bonchev–Trinajstić information content (AvgIpc) is 3.12. The fourth-order valence-corrected chi connectivity index (χ4v) is 3.95. The molecule has 5 nitrogen and oxygen atoms in total. The highest BCUT2D eigenvalue weighted by Gasteiger charge is 2.32. The minimum Gasteiger partial charge on any atom is -0.357 e. The maximum atomic E-state index is 13.0. The van der Waals surface area contributed by atoms with E-state index in [1.54, 1.807) is 0 Å². The summed E-state index contributed by atoms with van der Waals surface area (Å²) in [7, 11) is 0. The minimum atomic E-state index is 0.0679. The van der Waals surface area contributed by atoms with Gasteiger partial charge in [-0.25, -0.2) is 4.98 Å². The van der Waals surface area contributed by atoms with E-state index in [2.05, 4.69) is 28.1 Å². The van der Waals surface area contributed by atoms with E-state index in [4.69, 9.17) is 0 Å². The first kappa shape index (κ1) is 16.6. The largest absolute Gasteiger partial charge is 0.357 e. The van der Waals surface area contributed by atoms with Gasteiger partial charge < -0.3 is 9.80 Å². The van der Waals surface area contributed by atoms with E-state index in [0.717, 1.165) is 56.0 Å². The summed E-state index contributed by atoms with van der Waals surface area (Å²) >= 11 is 0. The second kappa shape index (κ2) is 6.80. The van der Waals surface area contributed by atoms with Gasteiger partial charge in [0.15, 0.2) is 0 Å². The van der Waals surface area contributed by atoms with Crippen molar-refractivity contribution in [3.8, 4) is 6.07 Å². The molecular formula is C21H22N4O. The molecule has 1 amide bonds. The molecule has 1 aromatic carbocycles. The van der Waals surface area contributed by atoms with Crippen LogP contribution in [0.15, 0.2) is 36.4 Å². The van der Waals surface area contributed by atoms with Crippen molar-refractivity contribution in [1.29, 1.82) is 5.26 Å². The molecule has 0 spiro atoms. The molecule has 0 bridgehead atoms. The molecule has 5 heteroatoms. The number of pyridine rings is 1. The molecule has 0 aliphatic carbocycles. The molecule has 0 saturated carbocycles. The number of aromatic nitrogens is 1. The van der Waals surface area contributed by atoms with E-state index in [1.165, 1.54) is 5.56 Å². The van der Waals surface area contributed by atoms with Crippen molar-refractivity contribution in [2.75, 3.05) is 29.4 Å². The van der Waals surface area contributed by atoms with Crippen molar-refractivity contribution in [2.24, 2.45) is 5.92 Å². The highest BCUT2D eigenvalue weighted by molar-refractivity contribution is 5.97. The average molecular weight is 346 g/mol. The van der Waals surface area contributed by atoms with Gasteiger partial charge in [-0.05, 0) is 49.4 Å². The van der Waals surface area contributed by atoms with E-state index in [9.17, 15) is 10.1 Å². The maximum Gasteiger partial charge on any atom is 0.230 e. The molecule has 132 valence electrons. The first-order valence-electron chi connectivity index (χ1n) is 9.19. The van der Waals surface area contributed by atoms with Gasteiger partial charge >= 0.3 is 0 Å². The molecule has 1 aromatic heterocycles. The number of fused-ring (bicyclic) bond motifs is 1. The Labute approximate surface area is 153 Å². The van der Waals surface area contributed by atoms with E-state index >= 15 is 0 Å². The number of carbonyl (C=O) groups is 1. The van der Waals surface area contributed by atoms with Crippen molar-refractivity contribution >= 4 is 17.4 Å². The zero-order valence-corrected chi connectivity index (χ0v) is 15.0. The number of anilines is 2. The zero-order valence-electron chi connectivity index (χ0n) is 15.0. The number of hydrogen-bond donors (Lipinski definition) is 0. The molecule has 0 unspecified atom stereocenters. The summed E-state index contributed by atoms with van der Waals surface area (Å²) in [6.07, 6.45) is 2.61. The summed E-state index contributed by atoms with van der Waals surface area (Å²) in [5.41, 5.74) is 3.73. The van der Waals surface area contributed by atoms with Crippen LogP contribution in [-0.2, 0) is 11.2 Å². The van der Waals surface area contributed by atoms with Crippen LogP contribution in [0.5, 0.6) is 0 Å². The highest BCUT2D eigenvalue weighted by atomic mass is 16.2. The molecule has 1 saturated heterocycles. The van der Waals surface area contributed by atoms with Gasteiger partial charge in [-0.15, -0.1) is 0 Å². The van der Waals surface area contributed by atoms with Crippen molar-refractivity contribution in [3.05, 3.63) is 53.2 Å². The maximum absolute atomic E-state index is 13.0.